The van der Waals surface area contributed by atoms with Gasteiger partial charge in [0.1, 0.15) is 5.69 Å². The second kappa shape index (κ2) is 7.61. The fourth-order valence-corrected chi connectivity index (χ4v) is 2.47. The van der Waals surface area contributed by atoms with Crippen molar-refractivity contribution in [2.75, 3.05) is 7.05 Å². The van der Waals surface area contributed by atoms with E-state index in [4.69, 9.17) is 4.52 Å². The second-order valence-electron chi connectivity index (χ2n) is 5.85. The summed E-state index contributed by atoms with van der Waals surface area (Å²) < 4.78 is 5.34. The molecule has 0 bridgehead atoms. The summed E-state index contributed by atoms with van der Waals surface area (Å²) in [6, 6.07) is 15.2. The molecular weight excluding hydrogens is 316 g/mol. The third kappa shape index (κ3) is 4.23. The Morgan fingerprint density at radius 2 is 1.92 bits per heavy atom. The van der Waals surface area contributed by atoms with E-state index in [9.17, 15) is 4.79 Å². The Morgan fingerprint density at radius 3 is 2.64 bits per heavy atom. The number of rotatable bonds is 5. The van der Waals surface area contributed by atoms with Gasteiger partial charge in [-0.1, -0.05) is 35.5 Å². The van der Waals surface area contributed by atoms with Gasteiger partial charge in [0.25, 0.3) is 0 Å². The van der Waals surface area contributed by atoms with Crippen LogP contribution in [0.5, 0.6) is 0 Å². The molecule has 2 aromatic heterocycles. The largest absolute Gasteiger partial charge is 0.359 e. The van der Waals surface area contributed by atoms with Crippen LogP contribution in [0.4, 0.5) is 4.79 Å². The van der Waals surface area contributed by atoms with Gasteiger partial charge < -0.3 is 14.7 Å². The van der Waals surface area contributed by atoms with Crippen LogP contribution in [0.15, 0.2) is 65.4 Å². The van der Waals surface area contributed by atoms with E-state index in [2.05, 4.69) is 15.5 Å². The molecule has 0 radical (unpaired) electrons. The van der Waals surface area contributed by atoms with Gasteiger partial charge in [-0.2, -0.15) is 0 Å². The number of aromatic nitrogens is 2. The molecular formula is C19H20N4O2. The van der Waals surface area contributed by atoms with Gasteiger partial charge in [0, 0.05) is 31.1 Å². The van der Waals surface area contributed by atoms with Crippen molar-refractivity contribution in [3.8, 4) is 11.3 Å². The first-order valence-electron chi connectivity index (χ1n) is 8.06. The lowest BCUT2D eigenvalue weighted by atomic mass is 10.1. The van der Waals surface area contributed by atoms with Crippen molar-refractivity contribution < 1.29 is 9.32 Å². The van der Waals surface area contributed by atoms with Gasteiger partial charge >= 0.3 is 6.03 Å². The molecule has 0 aliphatic heterocycles. The summed E-state index contributed by atoms with van der Waals surface area (Å²) in [6.45, 7) is 2.29. The summed E-state index contributed by atoms with van der Waals surface area (Å²) >= 11 is 0. The fourth-order valence-electron chi connectivity index (χ4n) is 2.47. The van der Waals surface area contributed by atoms with E-state index in [-0.39, 0.29) is 12.1 Å². The number of benzene rings is 1. The Morgan fingerprint density at radius 1 is 1.20 bits per heavy atom. The summed E-state index contributed by atoms with van der Waals surface area (Å²) in [6.07, 6.45) is 3.41. The minimum absolute atomic E-state index is 0.0711. The molecule has 0 saturated carbocycles. The fraction of sp³-hybridized carbons (Fsp3) is 0.211. The minimum atomic E-state index is -0.168. The van der Waals surface area contributed by atoms with Crippen LogP contribution in [-0.2, 0) is 6.54 Å². The molecule has 2 heterocycles. The molecule has 1 N–H and O–H groups in total. The summed E-state index contributed by atoms with van der Waals surface area (Å²) in [7, 11) is 1.72. The van der Waals surface area contributed by atoms with E-state index in [1.165, 1.54) is 0 Å². The van der Waals surface area contributed by atoms with E-state index in [0.29, 0.717) is 12.3 Å². The van der Waals surface area contributed by atoms with E-state index in [1.807, 2.05) is 55.5 Å². The van der Waals surface area contributed by atoms with Crippen LogP contribution in [0.2, 0.25) is 0 Å². The Labute approximate surface area is 146 Å². The molecule has 25 heavy (non-hydrogen) atoms. The summed E-state index contributed by atoms with van der Waals surface area (Å²) in [5.41, 5.74) is 2.71. The van der Waals surface area contributed by atoms with Crippen LogP contribution >= 0.6 is 0 Å². The molecule has 0 aliphatic rings. The lowest BCUT2D eigenvalue weighted by molar-refractivity contribution is 0.197. The summed E-state index contributed by atoms with van der Waals surface area (Å²) in [5.74, 6) is 0.622. The van der Waals surface area contributed by atoms with Crippen molar-refractivity contribution in [3.05, 3.63) is 72.2 Å². The molecule has 0 saturated heterocycles. The predicted molar refractivity (Wildman–Crippen MR) is 94.6 cm³/mol. The topological polar surface area (TPSA) is 71.3 Å². The smallest absolute Gasteiger partial charge is 0.318 e. The highest BCUT2D eigenvalue weighted by molar-refractivity contribution is 5.74. The number of nitrogens with zero attached hydrogens (tertiary/aromatic N) is 3. The van der Waals surface area contributed by atoms with Gasteiger partial charge in [0.15, 0.2) is 5.76 Å². The third-order valence-corrected chi connectivity index (χ3v) is 3.91. The van der Waals surface area contributed by atoms with Crippen molar-refractivity contribution in [3.63, 3.8) is 0 Å². The molecule has 3 rings (SSSR count). The normalized spacial score (nSPS) is 11.8. The van der Waals surface area contributed by atoms with Crippen molar-refractivity contribution in [1.82, 2.24) is 20.4 Å². The average Bonchev–Trinajstić information content (AvgIpc) is 3.11. The molecule has 128 valence electrons. The van der Waals surface area contributed by atoms with Crippen molar-refractivity contribution in [2.45, 2.75) is 19.5 Å². The quantitative estimate of drug-likeness (QED) is 0.772. The van der Waals surface area contributed by atoms with Crippen molar-refractivity contribution >= 4 is 6.03 Å². The predicted octanol–water partition coefficient (Wildman–Crippen LogP) is 3.64. The van der Waals surface area contributed by atoms with Gasteiger partial charge in [-0.3, -0.25) is 4.98 Å². The number of hydrogen-bond acceptors (Lipinski definition) is 4. The lowest BCUT2D eigenvalue weighted by Gasteiger charge is -2.20. The van der Waals surface area contributed by atoms with Crippen LogP contribution in [0.25, 0.3) is 11.3 Å². The molecule has 1 aromatic carbocycles. The molecule has 3 aromatic rings. The Kier molecular flexibility index (Phi) is 5.09. The molecule has 0 aliphatic carbocycles. The second-order valence-corrected chi connectivity index (χ2v) is 5.85. The maximum absolute atomic E-state index is 12.4. The first-order valence-corrected chi connectivity index (χ1v) is 8.06. The standard InChI is InChI=1S/C19H20N4O2/c1-14(15-6-4-3-5-7-15)21-19(24)23(2)13-17-12-18(22-25-17)16-8-10-20-11-9-16/h3-12,14H,13H2,1-2H3,(H,21,24). The number of carbonyl (C=O) groups is 1. The first-order chi connectivity index (χ1) is 12.1. The zero-order valence-corrected chi connectivity index (χ0v) is 14.2. The Bertz CT molecular complexity index is 818. The number of carbonyl (C=O) groups excluding carboxylic acids is 1. The highest BCUT2D eigenvalue weighted by Gasteiger charge is 2.16. The van der Waals surface area contributed by atoms with E-state index in [1.54, 1.807) is 24.3 Å². The molecule has 0 spiro atoms. The number of urea groups is 1. The third-order valence-electron chi connectivity index (χ3n) is 3.91. The van der Waals surface area contributed by atoms with Gasteiger partial charge in [-0.05, 0) is 24.6 Å². The van der Waals surface area contributed by atoms with Crippen LogP contribution in [0.3, 0.4) is 0 Å². The SMILES string of the molecule is CC(NC(=O)N(C)Cc1cc(-c2ccncc2)no1)c1ccccc1. The van der Waals surface area contributed by atoms with Gasteiger partial charge in [0.05, 0.1) is 12.6 Å². The summed E-state index contributed by atoms with van der Waals surface area (Å²) in [5, 5.41) is 7.02. The van der Waals surface area contributed by atoms with Crippen LogP contribution in [-0.4, -0.2) is 28.1 Å². The molecule has 2 amide bonds. The van der Waals surface area contributed by atoms with Crippen LogP contribution in [0, 0.1) is 0 Å². The summed E-state index contributed by atoms with van der Waals surface area (Å²) in [4.78, 5) is 17.9. The number of hydrogen-bond donors (Lipinski definition) is 1. The van der Waals surface area contributed by atoms with Crippen LogP contribution < -0.4 is 5.32 Å². The number of nitrogens with one attached hydrogen (secondary N) is 1. The number of amides is 2. The van der Waals surface area contributed by atoms with Crippen molar-refractivity contribution in [1.29, 1.82) is 0 Å². The average molecular weight is 336 g/mol. The Balaban J connectivity index is 1.59. The zero-order chi connectivity index (χ0) is 17.6. The van der Waals surface area contributed by atoms with Gasteiger partial charge in [-0.25, -0.2) is 4.79 Å². The molecule has 6 nitrogen and oxygen atoms in total. The highest BCUT2D eigenvalue weighted by Crippen LogP contribution is 2.19. The maximum Gasteiger partial charge on any atom is 0.318 e. The first kappa shape index (κ1) is 16.7. The van der Waals surface area contributed by atoms with E-state index >= 15 is 0 Å². The van der Waals surface area contributed by atoms with E-state index < -0.39 is 0 Å². The zero-order valence-electron chi connectivity index (χ0n) is 14.2. The highest BCUT2D eigenvalue weighted by atomic mass is 16.5. The maximum atomic E-state index is 12.4. The van der Waals surface area contributed by atoms with Gasteiger partial charge in [-0.15, -0.1) is 0 Å². The Hall–Kier alpha value is -3.15. The van der Waals surface area contributed by atoms with Crippen molar-refractivity contribution in [2.24, 2.45) is 0 Å². The minimum Gasteiger partial charge on any atom is -0.359 e. The molecule has 6 heteroatoms. The van der Waals surface area contributed by atoms with E-state index in [0.717, 1.165) is 16.8 Å². The lowest BCUT2D eigenvalue weighted by Crippen LogP contribution is -2.38. The molecule has 1 atom stereocenters. The monoisotopic (exact) mass is 336 g/mol. The number of pyridine rings is 1. The van der Waals surface area contributed by atoms with Gasteiger partial charge in [0.2, 0.25) is 0 Å². The van der Waals surface area contributed by atoms with Crippen LogP contribution in [0.1, 0.15) is 24.3 Å². The molecule has 1 unspecified atom stereocenters. The molecule has 0 fully saturated rings.